The van der Waals surface area contributed by atoms with Crippen LogP contribution in [0, 0.1) is 0 Å². The minimum absolute atomic E-state index is 0.127. The van der Waals surface area contributed by atoms with Crippen LogP contribution in [0.1, 0.15) is 64.1 Å². The Labute approximate surface area is 275 Å². The number of phenols is 1. The van der Waals surface area contributed by atoms with Crippen LogP contribution in [0.25, 0.3) is 21.3 Å². The standard InChI is InChI=1S/C31H31N3O6S.C2HF3O2/c1-40-29-19(11-12-20-27(29)34(17-7-8-17)15-22(28(20)36)31(38)39)26-14-21-24(3-2-4-25(21)41-26)33-30(37)23(32)13-16-5-9-18(35)10-6-16;3-2(4,5)1(6)7/h5-6,9-12,14-15,17,23-24,35H,2-4,7-8,13,32H2,1H3,(H,33,37)(H,38,39);(H,6,7)/t23-,24?;/m1./s1. The number of ether oxygens (including phenoxy) is 1. The summed E-state index contributed by atoms with van der Waals surface area (Å²) in [5.74, 6) is -3.52. The summed E-state index contributed by atoms with van der Waals surface area (Å²) in [6.07, 6.45) is 1.18. The molecule has 1 amide bonds. The number of carboxylic acids is 2. The first-order valence-electron chi connectivity index (χ1n) is 15.0. The van der Waals surface area contributed by atoms with Gasteiger partial charge in [0.2, 0.25) is 11.3 Å². The topological polar surface area (TPSA) is 181 Å². The number of thiophene rings is 1. The van der Waals surface area contributed by atoms with Crippen molar-refractivity contribution >= 4 is 40.1 Å². The number of nitrogens with zero attached hydrogens (tertiary/aromatic N) is 1. The molecule has 2 heterocycles. The molecule has 2 aliphatic rings. The average Bonchev–Trinajstić information content (AvgIpc) is 3.79. The second kappa shape index (κ2) is 13.7. The average molecular weight is 688 g/mol. The number of carbonyl (C=O) groups excluding carboxylic acids is 1. The fraction of sp³-hybridized carbons (Fsp3) is 0.333. The van der Waals surface area contributed by atoms with E-state index in [4.69, 9.17) is 20.4 Å². The van der Waals surface area contributed by atoms with Crippen molar-refractivity contribution in [1.29, 1.82) is 0 Å². The van der Waals surface area contributed by atoms with Gasteiger partial charge in [0.05, 0.1) is 30.1 Å². The van der Waals surface area contributed by atoms with Crippen LogP contribution in [0.15, 0.2) is 53.5 Å². The highest BCUT2D eigenvalue weighted by Gasteiger charge is 2.38. The van der Waals surface area contributed by atoms with E-state index in [1.54, 1.807) is 48.8 Å². The van der Waals surface area contributed by atoms with Gasteiger partial charge < -0.3 is 35.7 Å². The number of hydrogen-bond donors (Lipinski definition) is 5. The fourth-order valence-corrected chi connectivity index (χ4v) is 6.99. The molecule has 0 saturated heterocycles. The Kier molecular flexibility index (Phi) is 9.82. The molecular weight excluding hydrogens is 655 g/mol. The number of aromatic nitrogens is 1. The number of fused-ring (bicyclic) bond motifs is 2. The third-order valence-electron chi connectivity index (χ3n) is 8.19. The number of aromatic carboxylic acids is 1. The Balaban J connectivity index is 0.000000582. The summed E-state index contributed by atoms with van der Waals surface area (Å²) in [7, 11) is 1.57. The van der Waals surface area contributed by atoms with Crippen LogP contribution < -0.4 is 21.2 Å². The second-order valence-electron chi connectivity index (χ2n) is 11.6. The molecule has 11 nitrogen and oxygen atoms in total. The number of benzene rings is 2. The van der Waals surface area contributed by atoms with Crippen molar-refractivity contribution in [1.82, 2.24) is 9.88 Å². The molecule has 0 spiro atoms. The van der Waals surface area contributed by atoms with Crippen molar-refractivity contribution in [3.8, 4) is 21.9 Å². The zero-order valence-corrected chi connectivity index (χ0v) is 26.4. The van der Waals surface area contributed by atoms with E-state index in [0.717, 1.165) is 53.7 Å². The van der Waals surface area contributed by atoms with Crippen molar-refractivity contribution in [3.63, 3.8) is 0 Å². The molecular formula is C33H32F3N3O8S. The molecule has 254 valence electrons. The van der Waals surface area contributed by atoms with Crippen LogP contribution in [0.2, 0.25) is 0 Å². The van der Waals surface area contributed by atoms with Gasteiger partial charge in [-0.2, -0.15) is 13.2 Å². The number of aryl methyl sites for hydroxylation is 1. The Morgan fingerprint density at radius 1 is 1.10 bits per heavy atom. The first-order chi connectivity index (χ1) is 22.7. The quantitative estimate of drug-likeness (QED) is 0.167. The lowest BCUT2D eigenvalue weighted by molar-refractivity contribution is -0.192. The van der Waals surface area contributed by atoms with E-state index in [1.165, 1.54) is 11.1 Å². The maximum atomic E-state index is 13.1. The molecule has 48 heavy (non-hydrogen) atoms. The smallest absolute Gasteiger partial charge is 0.490 e. The minimum atomic E-state index is -5.08. The number of methoxy groups -OCH3 is 1. The highest BCUT2D eigenvalue weighted by Crippen LogP contribution is 2.46. The van der Waals surface area contributed by atoms with E-state index in [-0.39, 0.29) is 29.3 Å². The van der Waals surface area contributed by atoms with Crippen LogP contribution in [-0.2, 0) is 22.4 Å². The summed E-state index contributed by atoms with van der Waals surface area (Å²) in [5.41, 5.74) is 8.84. The first kappa shape index (κ1) is 34.4. The number of nitrogens with one attached hydrogen (secondary N) is 1. The number of amides is 1. The second-order valence-corrected chi connectivity index (χ2v) is 12.7. The number of nitrogens with two attached hydrogens (primary N) is 1. The Bertz CT molecular complexity index is 1930. The lowest BCUT2D eigenvalue weighted by atomic mass is 9.92. The summed E-state index contributed by atoms with van der Waals surface area (Å²) in [6, 6.07) is 11.5. The van der Waals surface area contributed by atoms with Crippen LogP contribution in [-0.4, -0.2) is 57.1 Å². The summed E-state index contributed by atoms with van der Waals surface area (Å²) in [4.78, 5) is 48.9. The van der Waals surface area contributed by atoms with Crippen LogP contribution in [0.4, 0.5) is 13.2 Å². The zero-order chi connectivity index (χ0) is 34.9. The molecule has 1 fully saturated rings. The normalized spacial score (nSPS) is 16.3. The van der Waals surface area contributed by atoms with E-state index in [2.05, 4.69) is 11.4 Å². The molecule has 4 aromatic rings. The highest BCUT2D eigenvalue weighted by atomic mass is 32.1. The predicted molar refractivity (Wildman–Crippen MR) is 171 cm³/mol. The molecule has 0 aliphatic heterocycles. The van der Waals surface area contributed by atoms with Gasteiger partial charge in [-0.15, -0.1) is 11.3 Å². The lowest BCUT2D eigenvalue weighted by Crippen LogP contribution is -2.44. The fourth-order valence-electron chi connectivity index (χ4n) is 5.71. The Morgan fingerprint density at radius 2 is 1.77 bits per heavy atom. The number of hydrogen-bond acceptors (Lipinski definition) is 8. The number of phenolic OH excluding ortho intramolecular Hbond substituents is 1. The lowest BCUT2D eigenvalue weighted by Gasteiger charge is -2.25. The van der Waals surface area contributed by atoms with E-state index >= 15 is 0 Å². The van der Waals surface area contributed by atoms with Crippen molar-refractivity contribution < 1.29 is 47.6 Å². The number of pyridine rings is 1. The summed E-state index contributed by atoms with van der Waals surface area (Å²) >= 11 is 1.64. The van der Waals surface area contributed by atoms with Gasteiger partial charge >= 0.3 is 18.1 Å². The van der Waals surface area contributed by atoms with Gasteiger partial charge in [0.25, 0.3) is 0 Å². The zero-order valence-electron chi connectivity index (χ0n) is 25.5. The molecule has 1 saturated carbocycles. The highest BCUT2D eigenvalue weighted by molar-refractivity contribution is 7.15. The number of halogens is 3. The number of rotatable bonds is 8. The Hall–Kier alpha value is -4.89. The predicted octanol–water partition coefficient (Wildman–Crippen LogP) is 5.17. The number of aromatic hydroxyl groups is 1. The monoisotopic (exact) mass is 687 g/mol. The molecule has 2 aromatic carbocycles. The molecule has 2 atom stereocenters. The maximum Gasteiger partial charge on any atom is 0.490 e. The largest absolute Gasteiger partial charge is 0.508 e. The van der Waals surface area contributed by atoms with Crippen LogP contribution in [0.5, 0.6) is 11.5 Å². The third kappa shape index (κ3) is 7.31. The van der Waals surface area contributed by atoms with E-state index in [1.807, 2.05) is 10.6 Å². The molecule has 0 bridgehead atoms. The summed E-state index contributed by atoms with van der Waals surface area (Å²) < 4.78 is 39.5. The molecule has 2 aliphatic carbocycles. The van der Waals surface area contributed by atoms with Gasteiger partial charge in [0.1, 0.15) is 11.3 Å². The molecule has 0 radical (unpaired) electrons. The first-order valence-corrected chi connectivity index (χ1v) is 15.8. The van der Waals surface area contributed by atoms with Crippen LogP contribution >= 0.6 is 11.3 Å². The number of carboxylic acid groups (broad SMARTS) is 2. The van der Waals surface area contributed by atoms with Crippen molar-refractivity contribution in [2.24, 2.45) is 5.73 Å². The van der Waals surface area contributed by atoms with E-state index in [0.29, 0.717) is 23.1 Å². The van der Waals surface area contributed by atoms with Crippen molar-refractivity contribution in [2.45, 2.75) is 62.8 Å². The SMILES string of the molecule is COc1c(-c2cc3c(s2)CCCC3NC(=O)[C@H](N)Cc2ccc(O)cc2)ccc2c(=O)c(C(=O)O)cn(C3CC3)c12.O=C(O)C(F)(F)F. The molecule has 6 rings (SSSR count). The number of alkyl halides is 3. The molecule has 6 N–H and O–H groups in total. The van der Waals surface area contributed by atoms with Gasteiger partial charge in [-0.05, 0) is 80.0 Å². The van der Waals surface area contributed by atoms with Crippen molar-refractivity contribution in [3.05, 3.63) is 80.5 Å². The molecule has 1 unspecified atom stereocenters. The van der Waals surface area contributed by atoms with Gasteiger partial charge in [-0.3, -0.25) is 9.59 Å². The van der Waals surface area contributed by atoms with Gasteiger partial charge in [-0.1, -0.05) is 12.1 Å². The Morgan fingerprint density at radius 3 is 2.35 bits per heavy atom. The molecule has 15 heteroatoms. The van der Waals surface area contributed by atoms with Crippen molar-refractivity contribution in [2.75, 3.05) is 7.11 Å². The molecule has 2 aromatic heterocycles. The number of aliphatic carboxylic acids is 1. The third-order valence-corrected chi connectivity index (χ3v) is 9.43. The summed E-state index contributed by atoms with van der Waals surface area (Å²) in [5, 5.41) is 29.7. The van der Waals surface area contributed by atoms with E-state index < -0.39 is 29.6 Å². The number of carbonyl (C=O) groups is 3. The minimum Gasteiger partial charge on any atom is -0.508 e. The maximum absolute atomic E-state index is 13.1. The summed E-state index contributed by atoms with van der Waals surface area (Å²) in [6.45, 7) is 0. The van der Waals surface area contributed by atoms with Crippen LogP contribution in [0.3, 0.4) is 0 Å². The van der Waals surface area contributed by atoms with Gasteiger partial charge in [0.15, 0.2) is 5.75 Å². The van der Waals surface area contributed by atoms with Gasteiger partial charge in [0, 0.05) is 27.6 Å². The van der Waals surface area contributed by atoms with E-state index in [9.17, 15) is 37.8 Å². The van der Waals surface area contributed by atoms with Gasteiger partial charge in [-0.25, -0.2) is 9.59 Å².